The number of methoxy groups -OCH3 is 1. The summed E-state index contributed by atoms with van der Waals surface area (Å²) in [5, 5.41) is 12.6. The molecule has 2 saturated heterocycles. The molecule has 2 aromatic rings. The molecule has 1 aromatic carbocycles. The molecule has 0 radical (unpaired) electrons. The van der Waals surface area contributed by atoms with E-state index in [1.165, 1.54) is 24.0 Å². The molecule has 0 spiro atoms. The predicted molar refractivity (Wildman–Crippen MR) is 128 cm³/mol. The Morgan fingerprint density at radius 2 is 2.03 bits per heavy atom. The van der Waals surface area contributed by atoms with Gasteiger partial charge in [0.2, 0.25) is 5.91 Å². The van der Waals surface area contributed by atoms with Gasteiger partial charge in [-0.05, 0) is 80.3 Å². The summed E-state index contributed by atoms with van der Waals surface area (Å²) in [4.78, 5) is 26.5. The predicted octanol–water partition coefficient (Wildman–Crippen LogP) is 2.36. The lowest BCUT2D eigenvalue weighted by molar-refractivity contribution is -0.155. The topological polar surface area (TPSA) is 78.8 Å². The molecule has 1 amide bonds. The summed E-state index contributed by atoms with van der Waals surface area (Å²) in [5.74, 6) is 2.18. The van der Waals surface area contributed by atoms with Crippen LogP contribution in [0.5, 0.6) is 5.75 Å². The average molecular weight is 463 g/mol. The van der Waals surface area contributed by atoms with Crippen molar-refractivity contribution in [2.24, 2.45) is 5.92 Å². The lowest BCUT2D eigenvalue weighted by Gasteiger charge is -2.62. The number of likely N-dealkylation sites (tertiary alicyclic amines) is 2. The molecule has 6 rings (SSSR count). The van der Waals surface area contributed by atoms with Gasteiger partial charge in [0.15, 0.2) is 0 Å². The zero-order chi connectivity index (χ0) is 23.3. The van der Waals surface area contributed by atoms with Crippen LogP contribution in [0.4, 0.5) is 0 Å². The summed E-state index contributed by atoms with van der Waals surface area (Å²) >= 11 is 0. The highest BCUT2D eigenvalue weighted by Gasteiger charge is 2.64. The number of ether oxygens (including phenoxy) is 1. The number of benzene rings is 1. The first-order valence-electron chi connectivity index (χ1n) is 12.7. The fraction of sp³-hybridized carbons (Fsp3) is 0.593. The second-order valence-corrected chi connectivity index (χ2v) is 10.7. The van der Waals surface area contributed by atoms with Gasteiger partial charge in [-0.1, -0.05) is 6.07 Å². The standard InChI is InChI=1S/C27H34N4O3/c1-34-21-7-6-20-14-23-27(33)8-2-12-31(25(32)16-24-28-10-3-11-29-24)18-26(27,22(20)15-21)9-13-30(23)17-19-4-5-19/h3,6-7,10-11,15,19,23,33H,2,4-5,8-9,12-14,16-18H2,1H3. The van der Waals surface area contributed by atoms with Crippen molar-refractivity contribution in [3.8, 4) is 5.75 Å². The molecule has 3 atom stereocenters. The summed E-state index contributed by atoms with van der Waals surface area (Å²) in [6, 6.07) is 8.20. The fourth-order valence-corrected chi connectivity index (χ4v) is 6.89. The Morgan fingerprint density at radius 3 is 2.79 bits per heavy atom. The number of aromatic nitrogens is 2. The van der Waals surface area contributed by atoms with Crippen molar-refractivity contribution in [1.82, 2.24) is 19.8 Å². The Bertz CT molecular complexity index is 1070. The van der Waals surface area contributed by atoms with Gasteiger partial charge >= 0.3 is 0 Å². The maximum Gasteiger partial charge on any atom is 0.230 e. The van der Waals surface area contributed by atoms with Crippen LogP contribution in [0, 0.1) is 5.92 Å². The average Bonchev–Trinajstić information content (AvgIpc) is 3.67. The van der Waals surface area contributed by atoms with E-state index in [2.05, 4.69) is 27.0 Å². The minimum atomic E-state index is -0.863. The molecule has 180 valence electrons. The van der Waals surface area contributed by atoms with Crippen molar-refractivity contribution >= 4 is 5.91 Å². The highest BCUT2D eigenvalue weighted by atomic mass is 16.5. The molecule has 2 aliphatic carbocycles. The lowest BCUT2D eigenvalue weighted by Crippen LogP contribution is -2.73. The highest BCUT2D eigenvalue weighted by Crippen LogP contribution is 2.55. The van der Waals surface area contributed by atoms with Crippen LogP contribution in [-0.2, 0) is 23.1 Å². The number of aliphatic hydroxyl groups is 1. The van der Waals surface area contributed by atoms with E-state index in [1.54, 1.807) is 25.6 Å². The van der Waals surface area contributed by atoms with E-state index in [9.17, 15) is 9.90 Å². The van der Waals surface area contributed by atoms with Gasteiger partial charge in [0, 0.05) is 43.5 Å². The molecule has 3 fully saturated rings. The van der Waals surface area contributed by atoms with Crippen LogP contribution >= 0.6 is 0 Å². The van der Waals surface area contributed by atoms with Crippen LogP contribution in [0.1, 0.15) is 49.1 Å². The molecule has 2 bridgehead atoms. The van der Waals surface area contributed by atoms with Crippen molar-refractivity contribution in [3.63, 3.8) is 0 Å². The third-order valence-corrected chi connectivity index (χ3v) is 8.81. The van der Waals surface area contributed by atoms with E-state index in [4.69, 9.17) is 4.74 Å². The first-order chi connectivity index (χ1) is 16.5. The molecule has 3 unspecified atom stereocenters. The molecule has 1 saturated carbocycles. The molecule has 7 heteroatoms. The Labute approximate surface area is 201 Å². The Balaban J connectivity index is 1.39. The number of carbonyl (C=O) groups is 1. The van der Waals surface area contributed by atoms with Gasteiger partial charge in [-0.25, -0.2) is 9.97 Å². The zero-order valence-corrected chi connectivity index (χ0v) is 19.9. The van der Waals surface area contributed by atoms with Crippen LogP contribution in [0.15, 0.2) is 36.7 Å². The van der Waals surface area contributed by atoms with Crippen LogP contribution in [-0.4, -0.2) is 75.7 Å². The largest absolute Gasteiger partial charge is 0.497 e. The fourth-order valence-electron chi connectivity index (χ4n) is 6.89. The number of carbonyl (C=O) groups excluding carboxylic acids is 1. The smallest absolute Gasteiger partial charge is 0.230 e. The Morgan fingerprint density at radius 1 is 1.21 bits per heavy atom. The van der Waals surface area contributed by atoms with Crippen molar-refractivity contribution in [2.75, 3.05) is 33.3 Å². The van der Waals surface area contributed by atoms with Crippen molar-refractivity contribution < 1.29 is 14.6 Å². The van der Waals surface area contributed by atoms with Crippen LogP contribution in [0.3, 0.4) is 0 Å². The molecular weight excluding hydrogens is 428 g/mol. The van der Waals surface area contributed by atoms with E-state index in [-0.39, 0.29) is 18.4 Å². The molecule has 7 nitrogen and oxygen atoms in total. The van der Waals surface area contributed by atoms with Crippen LogP contribution in [0.25, 0.3) is 0 Å². The normalized spacial score (nSPS) is 30.8. The number of fused-ring (bicyclic) bond motifs is 1. The number of rotatable bonds is 5. The summed E-state index contributed by atoms with van der Waals surface area (Å²) in [5.41, 5.74) is 1.10. The van der Waals surface area contributed by atoms with Gasteiger partial charge in [-0.3, -0.25) is 9.69 Å². The lowest BCUT2D eigenvalue weighted by atomic mass is 9.53. The number of piperidine rings is 1. The number of nitrogens with zero attached hydrogens (tertiary/aromatic N) is 4. The van der Waals surface area contributed by atoms with Gasteiger partial charge in [0.05, 0.1) is 19.1 Å². The summed E-state index contributed by atoms with van der Waals surface area (Å²) < 4.78 is 5.60. The van der Waals surface area contributed by atoms with Gasteiger partial charge in [0.25, 0.3) is 0 Å². The van der Waals surface area contributed by atoms with E-state index >= 15 is 0 Å². The number of hydrogen-bond donors (Lipinski definition) is 1. The first-order valence-corrected chi connectivity index (χ1v) is 12.7. The molecule has 3 heterocycles. The van der Waals surface area contributed by atoms with Gasteiger partial charge in [-0.2, -0.15) is 0 Å². The summed E-state index contributed by atoms with van der Waals surface area (Å²) in [6.07, 6.45) is 9.38. The van der Waals surface area contributed by atoms with Gasteiger partial charge in [-0.15, -0.1) is 0 Å². The molecule has 4 aliphatic rings. The van der Waals surface area contributed by atoms with Crippen LogP contribution < -0.4 is 4.74 Å². The maximum absolute atomic E-state index is 13.4. The van der Waals surface area contributed by atoms with E-state index in [0.29, 0.717) is 25.3 Å². The highest BCUT2D eigenvalue weighted by molar-refractivity contribution is 5.78. The monoisotopic (exact) mass is 462 g/mol. The number of amides is 1. The van der Waals surface area contributed by atoms with E-state index in [0.717, 1.165) is 44.0 Å². The molecular formula is C27H34N4O3. The van der Waals surface area contributed by atoms with Crippen molar-refractivity contribution in [2.45, 2.75) is 62.0 Å². The van der Waals surface area contributed by atoms with Crippen molar-refractivity contribution in [3.05, 3.63) is 53.6 Å². The second-order valence-electron chi connectivity index (χ2n) is 10.7. The molecule has 34 heavy (non-hydrogen) atoms. The third kappa shape index (κ3) is 3.52. The Hall–Kier alpha value is -2.51. The first kappa shape index (κ1) is 22.0. The van der Waals surface area contributed by atoms with Gasteiger partial charge < -0.3 is 14.7 Å². The minimum Gasteiger partial charge on any atom is -0.497 e. The van der Waals surface area contributed by atoms with Gasteiger partial charge in [0.1, 0.15) is 11.6 Å². The summed E-state index contributed by atoms with van der Waals surface area (Å²) in [7, 11) is 1.69. The van der Waals surface area contributed by atoms with Crippen molar-refractivity contribution in [1.29, 1.82) is 0 Å². The molecule has 1 N–H and O–H groups in total. The number of hydrogen-bond acceptors (Lipinski definition) is 6. The summed E-state index contributed by atoms with van der Waals surface area (Å²) in [6.45, 7) is 3.24. The van der Waals surface area contributed by atoms with E-state index < -0.39 is 11.0 Å². The van der Waals surface area contributed by atoms with Crippen LogP contribution in [0.2, 0.25) is 0 Å². The maximum atomic E-state index is 13.4. The Kier molecular flexibility index (Phi) is 5.37. The van der Waals surface area contributed by atoms with E-state index in [1.807, 2.05) is 11.0 Å². The second kappa shape index (κ2) is 8.31. The minimum absolute atomic E-state index is 0.0387. The zero-order valence-electron chi connectivity index (χ0n) is 19.9. The SMILES string of the molecule is COc1ccc2c(c1)C13CCN(CC4CC4)C(C2)C1(O)CCCN(C(=O)Cc1ncccn1)C3. The molecule has 1 aromatic heterocycles. The quantitative estimate of drug-likeness (QED) is 0.735. The third-order valence-electron chi connectivity index (χ3n) is 8.81. The molecule has 2 aliphatic heterocycles.